The fourth-order valence-electron chi connectivity index (χ4n) is 2.69. The van der Waals surface area contributed by atoms with Gasteiger partial charge in [0.25, 0.3) is 0 Å². The van der Waals surface area contributed by atoms with Crippen LogP contribution in [-0.4, -0.2) is 6.54 Å². The van der Waals surface area contributed by atoms with Gasteiger partial charge in [0.05, 0.1) is 5.56 Å². The summed E-state index contributed by atoms with van der Waals surface area (Å²) >= 11 is 0. The van der Waals surface area contributed by atoms with Crippen LogP contribution in [-0.2, 0) is 19.1 Å². The van der Waals surface area contributed by atoms with Crippen molar-refractivity contribution in [3.63, 3.8) is 0 Å². The van der Waals surface area contributed by atoms with Crippen LogP contribution < -0.4 is 10.6 Å². The van der Waals surface area contributed by atoms with E-state index in [0.717, 1.165) is 24.7 Å². The van der Waals surface area contributed by atoms with Crippen molar-refractivity contribution in [2.75, 3.05) is 17.2 Å². The van der Waals surface area contributed by atoms with E-state index < -0.39 is 11.7 Å². The standard InChI is InChI=1S/C16H15F3N2/c17-16(18,19)13-3-1-2-11(8-13)10-21-7-6-12-4-5-14(20)9-15(12)21/h1-5,8-9H,6-7,10,20H2. The van der Waals surface area contributed by atoms with E-state index in [4.69, 9.17) is 5.73 Å². The Morgan fingerprint density at radius 3 is 2.67 bits per heavy atom. The quantitative estimate of drug-likeness (QED) is 0.852. The Balaban J connectivity index is 1.85. The monoisotopic (exact) mass is 292 g/mol. The average molecular weight is 292 g/mol. The molecule has 1 heterocycles. The van der Waals surface area contributed by atoms with E-state index >= 15 is 0 Å². The van der Waals surface area contributed by atoms with Gasteiger partial charge in [0.1, 0.15) is 0 Å². The van der Waals surface area contributed by atoms with E-state index in [1.807, 2.05) is 18.2 Å². The zero-order chi connectivity index (χ0) is 15.0. The van der Waals surface area contributed by atoms with Crippen molar-refractivity contribution in [1.29, 1.82) is 0 Å². The van der Waals surface area contributed by atoms with E-state index in [0.29, 0.717) is 17.8 Å². The number of benzene rings is 2. The van der Waals surface area contributed by atoms with Gasteiger partial charge in [-0.15, -0.1) is 0 Å². The molecule has 2 aromatic rings. The number of fused-ring (bicyclic) bond motifs is 1. The number of hydrogen-bond donors (Lipinski definition) is 1. The Labute approximate surface area is 121 Å². The van der Waals surface area contributed by atoms with E-state index in [-0.39, 0.29) is 0 Å². The molecule has 0 spiro atoms. The molecule has 0 unspecified atom stereocenters. The fourth-order valence-corrected chi connectivity index (χ4v) is 2.69. The highest BCUT2D eigenvalue weighted by molar-refractivity contribution is 5.64. The topological polar surface area (TPSA) is 29.3 Å². The van der Waals surface area contributed by atoms with E-state index in [1.165, 1.54) is 17.7 Å². The first-order chi connectivity index (χ1) is 9.93. The predicted octanol–water partition coefficient (Wildman–Crippen LogP) is 3.85. The highest BCUT2D eigenvalue weighted by atomic mass is 19.4. The molecule has 1 aliphatic heterocycles. The molecule has 2 N–H and O–H groups in total. The Hall–Kier alpha value is -2.17. The maximum absolute atomic E-state index is 12.7. The minimum Gasteiger partial charge on any atom is -0.399 e. The van der Waals surface area contributed by atoms with Crippen LogP contribution >= 0.6 is 0 Å². The van der Waals surface area contributed by atoms with Gasteiger partial charge >= 0.3 is 6.18 Å². The molecule has 0 aliphatic carbocycles. The van der Waals surface area contributed by atoms with E-state index in [2.05, 4.69) is 4.90 Å². The summed E-state index contributed by atoms with van der Waals surface area (Å²) in [5.74, 6) is 0. The first-order valence-electron chi connectivity index (χ1n) is 6.73. The Morgan fingerprint density at radius 1 is 1.10 bits per heavy atom. The average Bonchev–Trinajstić information content (AvgIpc) is 2.81. The molecule has 1 aliphatic rings. The summed E-state index contributed by atoms with van der Waals surface area (Å²) < 4.78 is 38.2. The zero-order valence-electron chi connectivity index (χ0n) is 11.3. The number of nitrogens with two attached hydrogens (primary N) is 1. The lowest BCUT2D eigenvalue weighted by Gasteiger charge is -2.20. The van der Waals surface area contributed by atoms with Crippen molar-refractivity contribution in [1.82, 2.24) is 0 Å². The number of hydrogen-bond acceptors (Lipinski definition) is 2. The third kappa shape index (κ3) is 2.82. The Kier molecular flexibility index (Phi) is 3.27. The van der Waals surface area contributed by atoms with Gasteiger partial charge in [0, 0.05) is 24.5 Å². The summed E-state index contributed by atoms with van der Waals surface area (Å²) in [4.78, 5) is 2.07. The van der Waals surface area contributed by atoms with Gasteiger partial charge in [-0.25, -0.2) is 0 Å². The molecule has 2 nitrogen and oxygen atoms in total. The maximum Gasteiger partial charge on any atom is 0.416 e. The van der Waals surface area contributed by atoms with Gasteiger partial charge in [-0.05, 0) is 41.8 Å². The number of alkyl halides is 3. The fraction of sp³-hybridized carbons (Fsp3) is 0.250. The third-order valence-corrected chi connectivity index (χ3v) is 3.73. The second-order valence-electron chi connectivity index (χ2n) is 5.26. The summed E-state index contributed by atoms with van der Waals surface area (Å²) in [5.41, 5.74) is 8.72. The van der Waals surface area contributed by atoms with Gasteiger partial charge in [-0.3, -0.25) is 0 Å². The lowest BCUT2D eigenvalue weighted by atomic mass is 10.1. The van der Waals surface area contributed by atoms with Crippen LogP contribution in [0.4, 0.5) is 24.5 Å². The van der Waals surface area contributed by atoms with Crippen molar-refractivity contribution in [3.05, 3.63) is 59.2 Å². The maximum atomic E-state index is 12.7. The molecule has 0 fully saturated rings. The molecule has 0 radical (unpaired) electrons. The smallest absolute Gasteiger partial charge is 0.399 e. The number of nitrogens with zero attached hydrogens (tertiary/aromatic N) is 1. The Morgan fingerprint density at radius 2 is 1.90 bits per heavy atom. The van der Waals surface area contributed by atoms with Crippen LogP contribution in [0, 0.1) is 0 Å². The first-order valence-corrected chi connectivity index (χ1v) is 6.73. The second kappa shape index (κ2) is 4.98. The van der Waals surface area contributed by atoms with Gasteiger partial charge in [0.2, 0.25) is 0 Å². The highest BCUT2D eigenvalue weighted by Crippen LogP contribution is 2.33. The van der Waals surface area contributed by atoms with Crippen LogP contribution in [0.25, 0.3) is 0 Å². The summed E-state index contributed by atoms with van der Waals surface area (Å²) in [6.45, 7) is 1.26. The van der Waals surface area contributed by atoms with Crippen LogP contribution in [0.5, 0.6) is 0 Å². The van der Waals surface area contributed by atoms with E-state index in [9.17, 15) is 13.2 Å². The van der Waals surface area contributed by atoms with Crippen molar-refractivity contribution >= 4 is 11.4 Å². The lowest BCUT2D eigenvalue weighted by Crippen LogP contribution is -2.20. The van der Waals surface area contributed by atoms with Gasteiger partial charge in [-0.1, -0.05) is 18.2 Å². The molecule has 5 heteroatoms. The third-order valence-electron chi connectivity index (χ3n) is 3.73. The van der Waals surface area contributed by atoms with Crippen molar-refractivity contribution in [3.8, 4) is 0 Å². The van der Waals surface area contributed by atoms with Gasteiger partial charge in [-0.2, -0.15) is 13.2 Å². The van der Waals surface area contributed by atoms with Gasteiger partial charge < -0.3 is 10.6 Å². The van der Waals surface area contributed by atoms with Crippen LogP contribution in [0.1, 0.15) is 16.7 Å². The first kappa shape index (κ1) is 13.8. The molecular weight excluding hydrogens is 277 g/mol. The molecule has 110 valence electrons. The molecule has 3 rings (SSSR count). The molecule has 21 heavy (non-hydrogen) atoms. The molecular formula is C16H15F3N2. The molecule has 2 aromatic carbocycles. The van der Waals surface area contributed by atoms with Crippen LogP contribution in [0.15, 0.2) is 42.5 Å². The van der Waals surface area contributed by atoms with Crippen LogP contribution in [0.3, 0.4) is 0 Å². The van der Waals surface area contributed by atoms with Crippen molar-refractivity contribution < 1.29 is 13.2 Å². The minimum atomic E-state index is -4.30. The minimum absolute atomic E-state index is 0.459. The molecule has 0 bridgehead atoms. The summed E-state index contributed by atoms with van der Waals surface area (Å²) in [6, 6.07) is 11.2. The Bertz CT molecular complexity index is 665. The predicted molar refractivity (Wildman–Crippen MR) is 77.1 cm³/mol. The normalized spacial score (nSPS) is 14.3. The highest BCUT2D eigenvalue weighted by Gasteiger charge is 2.30. The summed E-state index contributed by atoms with van der Waals surface area (Å²) in [5, 5.41) is 0. The molecule has 0 saturated carbocycles. The molecule has 0 aromatic heterocycles. The van der Waals surface area contributed by atoms with Crippen molar-refractivity contribution in [2.45, 2.75) is 19.1 Å². The second-order valence-corrected chi connectivity index (χ2v) is 5.26. The zero-order valence-corrected chi connectivity index (χ0v) is 11.3. The molecule has 0 amide bonds. The van der Waals surface area contributed by atoms with E-state index in [1.54, 1.807) is 6.07 Å². The number of nitrogen functional groups attached to an aromatic ring is 1. The summed E-state index contributed by atoms with van der Waals surface area (Å²) in [6.07, 6.45) is -3.40. The lowest BCUT2D eigenvalue weighted by molar-refractivity contribution is -0.137. The largest absolute Gasteiger partial charge is 0.416 e. The summed E-state index contributed by atoms with van der Waals surface area (Å²) in [7, 11) is 0. The molecule has 0 saturated heterocycles. The number of rotatable bonds is 2. The van der Waals surface area contributed by atoms with Gasteiger partial charge in [0.15, 0.2) is 0 Å². The van der Waals surface area contributed by atoms with Crippen molar-refractivity contribution in [2.24, 2.45) is 0 Å². The SMILES string of the molecule is Nc1ccc2c(c1)N(Cc1cccc(C(F)(F)F)c1)CC2. The number of anilines is 2. The molecule has 0 atom stereocenters. The number of halogens is 3. The van der Waals surface area contributed by atoms with Crippen LogP contribution in [0.2, 0.25) is 0 Å².